The Bertz CT molecular complexity index is 1190. The quantitative estimate of drug-likeness (QED) is 0.281. The summed E-state index contributed by atoms with van der Waals surface area (Å²) >= 11 is 3.54. The molecule has 5 aromatic rings. The fraction of sp³-hybridized carbons (Fsp3) is 0. The maximum atomic E-state index is 3.54. The molecule has 0 atom stereocenters. The third kappa shape index (κ3) is 4.62. The van der Waals surface area contributed by atoms with Crippen LogP contribution in [0.3, 0.4) is 0 Å². The van der Waals surface area contributed by atoms with Gasteiger partial charge < -0.3 is 17.0 Å². The zero-order valence-corrected chi connectivity index (χ0v) is 22.0. The normalized spacial score (nSPS) is 10.9. The molecular formula is C30H23Br2P. The predicted octanol–water partition coefficient (Wildman–Crippen LogP) is 3.74. The third-order valence-electron chi connectivity index (χ3n) is 5.86. The summed E-state index contributed by atoms with van der Waals surface area (Å²) in [4.78, 5) is 0. The molecule has 0 aliphatic carbocycles. The molecule has 0 saturated heterocycles. The third-order valence-corrected chi connectivity index (χ3v) is 10.7. The summed E-state index contributed by atoms with van der Waals surface area (Å²) < 4.78 is 1.10. The molecule has 0 aromatic heterocycles. The van der Waals surface area contributed by atoms with Crippen LogP contribution in [0.4, 0.5) is 0 Å². The van der Waals surface area contributed by atoms with Crippen molar-refractivity contribution in [3.05, 3.63) is 144 Å². The molecule has 0 heterocycles. The molecule has 0 unspecified atom stereocenters. The summed E-state index contributed by atoms with van der Waals surface area (Å²) in [6.07, 6.45) is 0. The Hall–Kier alpha value is -2.51. The van der Waals surface area contributed by atoms with Crippen LogP contribution in [0.15, 0.2) is 144 Å². The van der Waals surface area contributed by atoms with Crippen LogP contribution in [0, 0.1) is 0 Å². The van der Waals surface area contributed by atoms with Gasteiger partial charge in [0.25, 0.3) is 0 Å². The van der Waals surface area contributed by atoms with Crippen LogP contribution in [0.5, 0.6) is 0 Å². The van der Waals surface area contributed by atoms with E-state index in [2.05, 4.69) is 155 Å². The molecule has 0 N–H and O–H groups in total. The van der Waals surface area contributed by atoms with Crippen molar-refractivity contribution in [1.82, 2.24) is 0 Å². The number of benzene rings is 5. The Morgan fingerprint density at radius 3 is 1.03 bits per heavy atom. The molecule has 0 aliphatic rings. The van der Waals surface area contributed by atoms with Crippen LogP contribution >= 0.6 is 23.2 Å². The van der Waals surface area contributed by atoms with Crippen molar-refractivity contribution in [3.63, 3.8) is 0 Å². The topological polar surface area (TPSA) is 0 Å². The van der Waals surface area contributed by atoms with Crippen molar-refractivity contribution in [2.24, 2.45) is 0 Å². The molecule has 33 heavy (non-hydrogen) atoms. The molecule has 162 valence electrons. The number of hydrogen-bond donors (Lipinski definition) is 0. The van der Waals surface area contributed by atoms with Crippen molar-refractivity contribution in [1.29, 1.82) is 0 Å². The van der Waals surface area contributed by atoms with Gasteiger partial charge in [-0.1, -0.05) is 94.8 Å². The smallest absolute Gasteiger partial charge is 0.144 e. The van der Waals surface area contributed by atoms with Crippen LogP contribution in [0.1, 0.15) is 0 Å². The van der Waals surface area contributed by atoms with E-state index in [-0.39, 0.29) is 17.0 Å². The summed E-state index contributed by atoms with van der Waals surface area (Å²) in [6.45, 7) is 0. The molecule has 5 aromatic carbocycles. The van der Waals surface area contributed by atoms with Gasteiger partial charge >= 0.3 is 0 Å². The SMILES string of the molecule is Brc1ccc(-c2ccc([P+](c3ccccc3)(c3ccccc3)c3ccccc3)cc2)cc1.[Br-]. The van der Waals surface area contributed by atoms with E-state index in [1.165, 1.54) is 32.3 Å². The van der Waals surface area contributed by atoms with Gasteiger partial charge in [0.15, 0.2) is 0 Å². The second-order valence-electron chi connectivity index (χ2n) is 7.73. The van der Waals surface area contributed by atoms with Crippen LogP contribution in [0.2, 0.25) is 0 Å². The lowest BCUT2D eigenvalue weighted by atomic mass is 10.1. The molecule has 0 spiro atoms. The predicted molar refractivity (Wildman–Crippen MR) is 144 cm³/mol. The summed E-state index contributed by atoms with van der Waals surface area (Å²) in [6, 6.07) is 50.7. The van der Waals surface area contributed by atoms with Gasteiger partial charge in [0.2, 0.25) is 0 Å². The average Bonchev–Trinajstić information content (AvgIpc) is 2.88. The van der Waals surface area contributed by atoms with Crippen molar-refractivity contribution in [3.8, 4) is 11.1 Å². The first-order valence-corrected chi connectivity index (χ1v) is 13.3. The maximum Gasteiger partial charge on any atom is 0.144 e. The van der Waals surface area contributed by atoms with Gasteiger partial charge in [0.05, 0.1) is 0 Å². The highest BCUT2D eigenvalue weighted by molar-refractivity contribution is 9.10. The summed E-state index contributed by atoms with van der Waals surface area (Å²) in [7, 11) is -2.03. The standard InChI is InChI=1S/C30H23BrP.BrH/c31-26-20-16-24(17-21-26)25-18-22-30(23-19-25)32(27-10-4-1-5-11-27,28-12-6-2-7-13-28)29-14-8-3-9-15-29;/h1-23H;1H/q+1;/p-1. The molecule has 0 amide bonds. The van der Waals surface area contributed by atoms with E-state index in [9.17, 15) is 0 Å². The fourth-order valence-corrected chi connectivity index (χ4v) is 8.88. The Morgan fingerprint density at radius 1 is 0.364 bits per heavy atom. The van der Waals surface area contributed by atoms with E-state index in [1.54, 1.807) is 0 Å². The Labute approximate surface area is 215 Å². The van der Waals surface area contributed by atoms with Crippen molar-refractivity contribution >= 4 is 44.4 Å². The Morgan fingerprint density at radius 2 is 0.667 bits per heavy atom. The zero-order chi connectivity index (χ0) is 21.8. The van der Waals surface area contributed by atoms with Gasteiger partial charge in [-0.15, -0.1) is 0 Å². The lowest BCUT2D eigenvalue weighted by Crippen LogP contribution is -3.00. The maximum absolute atomic E-state index is 3.54. The molecule has 0 nitrogen and oxygen atoms in total. The highest BCUT2D eigenvalue weighted by Gasteiger charge is 2.47. The van der Waals surface area contributed by atoms with Gasteiger partial charge in [-0.25, -0.2) is 0 Å². The first-order chi connectivity index (χ1) is 15.8. The lowest BCUT2D eigenvalue weighted by Gasteiger charge is -2.27. The minimum absolute atomic E-state index is 0. The highest BCUT2D eigenvalue weighted by atomic mass is 79.9. The largest absolute Gasteiger partial charge is 1.00 e. The van der Waals surface area contributed by atoms with E-state index in [4.69, 9.17) is 0 Å². The van der Waals surface area contributed by atoms with Crippen LogP contribution < -0.4 is 38.2 Å². The minimum Gasteiger partial charge on any atom is -1.00 e. The van der Waals surface area contributed by atoms with Crippen LogP contribution in [-0.4, -0.2) is 0 Å². The molecule has 0 aliphatic heterocycles. The summed E-state index contributed by atoms with van der Waals surface area (Å²) in [5, 5.41) is 5.47. The number of rotatable bonds is 5. The van der Waals surface area contributed by atoms with E-state index in [1.807, 2.05) is 0 Å². The van der Waals surface area contributed by atoms with E-state index in [0.29, 0.717) is 0 Å². The van der Waals surface area contributed by atoms with E-state index >= 15 is 0 Å². The molecule has 0 saturated carbocycles. The molecule has 3 heteroatoms. The summed E-state index contributed by atoms with van der Waals surface area (Å²) in [5.74, 6) is 0. The van der Waals surface area contributed by atoms with Gasteiger partial charge in [0.1, 0.15) is 28.5 Å². The molecule has 0 radical (unpaired) electrons. The zero-order valence-electron chi connectivity index (χ0n) is 18.0. The van der Waals surface area contributed by atoms with Crippen molar-refractivity contribution < 1.29 is 17.0 Å². The fourth-order valence-electron chi connectivity index (χ4n) is 4.37. The van der Waals surface area contributed by atoms with E-state index < -0.39 is 7.26 Å². The second kappa shape index (κ2) is 10.6. The van der Waals surface area contributed by atoms with Gasteiger partial charge in [-0.3, -0.25) is 0 Å². The number of hydrogen-bond acceptors (Lipinski definition) is 0. The first kappa shape index (κ1) is 23.6. The molecule has 0 fully saturated rings. The van der Waals surface area contributed by atoms with Gasteiger partial charge in [-0.2, -0.15) is 0 Å². The van der Waals surface area contributed by atoms with Crippen LogP contribution in [-0.2, 0) is 0 Å². The first-order valence-electron chi connectivity index (χ1n) is 10.7. The van der Waals surface area contributed by atoms with E-state index in [0.717, 1.165) is 4.47 Å². The monoisotopic (exact) mass is 572 g/mol. The Kier molecular flexibility index (Phi) is 7.60. The highest BCUT2D eigenvalue weighted by Crippen LogP contribution is 2.54. The van der Waals surface area contributed by atoms with Crippen LogP contribution in [0.25, 0.3) is 11.1 Å². The lowest BCUT2D eigenvalue weighted by molar-refractivity contribution is -0.00000592. The molecule has 0 bridgehead atoms. The Balaban J connectivity index is 0.00000259. The number of halogens is 2. The van der Waals surface area contributed by atoms with Gasteiger partial charge in [0, 0.05) is 4.47 Å². The molecular weight excluding hydrogens is 551 g/mol. The van der Waals surface area contributed by atoms with Crippen molar-refractivity contribution in [2.45, 2.75) is 0 Å². The molecule has 5 rings (SSSR count). The minimum atomic E-state index is -2.03. The van der Waals surface area contributed by atoms with Gasteiger partial charge in [-0.05, 0) is 71.8 Å². The van der Waals surface area contributed by atoms with Crippen molar-refractivity contribution in [2.75, 3.05) is 0 Å². The average molecular weight is 574 g/mol. The second-order valence-corrected chi connectivity index (χ2v) is 12.1. The summed E-state index contributed by atoms with van der Waals surface area (Å²) in [5.41, 5.74) is 2.45.